The number of fused-ring (bicyclic) bond motifs is 4. The third-order valence-corrected chi connectivity index (χ3v) is 13.9. The largest absolute Gasteiger partial charge is 0.385 e. The van der Waals surface area contributed by atoms with Crippen LogP contribution in [0.15, 0.2) is 82.8 Å². The molecule has 22 heteroatoms. The lowest BCUT2D eigenvalue weighted by Gasteiger charge is -2.13. The summed E-state index contributed by atoms with van der Waals surface area (Å²) >= 11 is 10.6. The molecule has 334 valence electrons. The number of carbonyl (C=O) groups is 3. The molecule has 7 aromatic rings. The predicted octanol–water partition coefficient (Wildman–Crippen LogP) is 6.36. The number of hydrogen-bond acceptors (Lipinski definition) is 15. The van der Waals surface area contributed by atoms with E-state index < -0.39 is 16.9 Å². The average Bonchev–Trinajstić information content (AvgIpc) is 4.11. The van der Waals surface area contributed by atoms with Crippen LogP contribution >= 0.6 is 46.0 Å². The maximum absolute atomic E-state index is 13.6. The highest BCUT2D eigenvalue weighted by molar-refractivity contribution is 7.98. The van der Waals surface area contributed by atoms with Crippen molar-refractivity contribution in [1.29, 1.82) is 0 Å². The Morgan fingerprint density at radius 1 is 0.969 bits per heavy atom. The van der Waals surface area contributed by atoms with E-state index in [1.807, 2.05) is 34.2 Å². The Kier molecular flexibility index (Phi) is 14.0. The van der Waals surface area contributed by atoms with Gasteiger partial charge in [0, 0.05) is 93.5 Å². The van der Waals surface area contributed by atoms with E-state index in [1.54, 1.807) is 53.7 Å². The molecule has 5 aromatic heterocycles. The van der Waals surface area contributed by atoms with E-state index in [0.717, 1.165) is 37.3 Å². The van der Waals surface area contributed by atoms with Gasteiger partial charge in [-0.15, -0.1) is 44.6 Å². The van der Waals surface area contributed by atoms with E-state index in [9.17, 15) is 24.5 Å². The number of ether oxygens (including phenoxy) is 1. The molecule has 3 amide bonds. The van der Waals surface area contributed by atoms with Crippen molar-refractivity contribution >= 4 is 86.2 Å². The van der Waals surface area contributed by atoms with Gasteiger partial charge in [-0.3, -0.25) is 28.9 Å². The average molecular weight is 954 g/mol. The van der Waals surface area contributed by atoms with Crippen molar-refractivity contribution in [3.8, 4) is 5.00 Å². The SMILES string of the molecule is Cc1sc2c(c1C)C(c1ccc(Cl)cc1)=N[C@@H](CC(=O)NCCOCCNC(=O)c1cc(SCc3c([N+](=O)[O-])ncn3C)c3ncc(C(=O)NCCc4nccs4)cc3c1)c1nncn1-2. The number of aromatic nitrogens is 7. The number of carbonyl (C=O) groups excluding carboxylic acids is 3. The highest BCUT2D eigenvalue weighted by Gasteiger charge is 2.31. The van der Waals surface area contributed by atoms with Gasteiger partial charge in [-0.05, 0) is 59.7 Å². The number of rotatable bonds is 18. The van der Waals surface area contributed by atoms with Gasteiger partial charge >= 0.3 is 5.82 Å². The van der Waals surface area contributed by atoms with Gasteiger partial charge in [0.25, 0.3) is 11.8 Å². The minimum Gasteiger partial charge on any atom is -0.378 e. The number of imidazole rings is 1. The smallest absolute Gasteiger partial charge is 0.378 e. The van der Waals surface area contributed by atoms with Gasteiger partial charge in [0.05, 0.1) is 41.4 Å². The second-order valence-corrected chi connectivity index (χ2v) is 18.5. The number of thiophene rings is 1. The monoisotopic (exact) mass is 952 g/mol. The number of thioether (sulfide) groups is 1. The molecule has 0 saturated carbocycles. The van der Waals surface area contributed by atoms with Crippen molar-refractivity contribution in [3.05, 3.63) is 137 Å². The maximum atomic E-state index is 13.6. The van der Waals surface area contributed by atoms with Gasteiger partial charge in [-0.1, -0.05) is 23.7 Å². The Balaban J connectivity index is 0.879. The number of thiazole rings is 1. The number of hydrogen-bond donors (Lipinski definition) is 3. The van der Waals surface area contributed by atoms with Crippen LogP contribution in [-0.2, 0) is 28.8 Å². The fourth-order valence-corrected chi connectivity index (χ4v) is 10.2. The molecule has 6 heterocycles. The first-order valence-electron chi connectivity index (χ1n) is 20.3. The number of aliphatic imine (C=N–C) groups is 1. The molecule has 1 aliphatic rings. The number of aryl methyl sites for hydroxylation is 2. The Morgan fingerprint density at radius 2 is 1.72 bits per heavy atom. The zero-order valence-corrected chi connectivity index (χ0v) is 38.4. The molecule has 0 radical (unpaired) electrons. The normalized spacial score (nSPS) is 13.2. The van der Waals surface area contributed by atoms with E-state index in [0.29, 0.717) is 56.4 Å². The molecule has 2 aromatic carbocycles. The van der Waals surface area contributed by atoms with E-state index in [4.69, 9.17) is 21.3 Å². The molecular weight excluding hydrogens is 912 g/mol. The summed E-state index contributed by atoms with van der Waals surface area (Å²) in [5.74, 6) is -0.487. The van der Waals surface area contributed by atoms with Crippen LogP contribution in [0, 0.1) is 24.0 Å². The minimum atomic E-state index is -0.611. The van der Waals surface area contributed by atoms with Crippen molar-refractivity contribution in [2.75, 3.05) is 32.8 Å². The van der Waals surface area contributed by atoms with Crippen molar-refractivity contribution in [2.45, 2.75) is 43.4 Å². The summed E-state index contributed by atoms with van der Waals surface area (Å²) in [5.41, 5.74) is 5.21. The zero-order chi connectivity index (χ0) is 45.6. The second kappa shape index (κ2) is 20.2. The molecule has 0 fully saturated rings. The lowest BCUT2D eigenvalue weighted by molar-refractivity contribution is -0.390. The highest BCUT2D eigenvalue weighted by Crippen LogP contribution is 2.39. The minimum absolute atomic E-state index is 0.0266. The Morgan fingerprint density at radius 3 is 2.49 bits per heavy atom. The molecular formula is C43H41ClN12O6S3. The second-order valence-electron chi connectivity index (χ2n) is 14.8. The predicted molar refractivity (Wildman–Crippen MR) is 249 cm³/mol. The van der Waals surface area contributed by atoms with E-state index in [1.165, 1.54) is 35.6 Å². The van der Waals surface area contributed by atoms with E-state index >= 15 is 0 Å². The highest BCUT2D eigenvalue weighted by atomic mass is 35.5. The van der Waals surface area contributed by atoms with Gasteiger partial charge < -0.3 is 35.4 Å². The molecule has 0 unspecified atom stereocenters. The van der Waals surface area contributed by atoms with Gasteiger partial charge in [-0.25, -0.2) is 4.98 Å². The topological polar surface area (TPSA) is 226 Å². The number of nitrogens with zero attached hydrogens (tertiary/aromatic N) is 9. The first-order valence-corrected chi connectivity index (χ1v) is 23.4. The van der Waals surface area contributed by atoms with Crippen LogP contribution in [0.4, 0.5) is 5.82 Å². The van der Waals surface area contributed by atoms with E-state index in [-0.39, 0.29) is 56.1 Å². The fourth-order valence-electron chi connectivity index (χ4n) is 7.13. The van der Waals surface area contributed by atoms with Crippen LogP contribution in [-0.4, -0.2) is 95.5 Å². The summed E-state index contributed by atoms with van der Waals surface area (Å²) in [4.78, 5) is 70.7. The summed E-state index contributed by atoms with van der Waals surface area (Å²) in [6, 6.07) is 11.9. The molecule has 1 aliphatic heterocycles. The molecule has 0 aliphatic carbocycles. The van der Waals surface area contributed by atoms with Crippen LogP contribution in [0.5, 0.6) is 0 Å². The molecule has 0 spiro atoms. The maximum Gasteiger partial charge on any atom is 0.385 e. The first-order chi connectivity index (χ1) is 31.4. The van der Waals surface area contributed by atoms with Crippen LogP contribution in [0.25, 0.3) is 15.9 Å². The van der Waals surface area contributed by atoms with Crippen LogP contribution < -0.4 is 16.0 Å². The van der Waals surface area contributed by atoms with E-state index in [2.05, 4.69) is 54.9 Å². The lowest BCUT2D eigenvalue weighted by atomic mass is 9.99. The third kappa shape index (κ3) is 10.3. The Labute approximate surface area is 389 Å². The third-order valence-electron chi connectivity index (χ3n) is 10.5. The van der Waals surface area contributed by atoms with Crippen molar-refractivity contribution < 1.29 is 24.0 Å². The molecule has 65 heavy (non-hydrogen) atoms. The lowest BCUT2D eigenvalue weighted by Crippen LogP contribution is -2.31. The van der Waals surface area contributed by atoms with Crippen molar-refractivity contribution in [1.82, 2.24) is 50.2 Å². The summed E-state index contributed by atoms with van der Waals surface area (Å²) in [6.45, 7) is 5.25. The molecule has 3 N–H and O–H groups in total. The van der Waals surface area contributed by atoms with Gasteiger partial charge in [-0.2, -0.15) is 0 Å². The van der Waals surface area contributed by atoms with Gasteiger partial charge in [0.1, 0.15) is 23.1 Å². The number of benzene rings is 2. The summed E-state index contributed by atoms with van der Waals surface area (Å²) in [7, 11) is 1.67. The summed E-state index contributed by atoms with van der Waals surface area (Å²) in [6.07, 6.45) is 6.82. The zero-order valence-electron chi connectivity index (χ0n) is 35.2. The van der Waals surface area contributed by atoms with Crippen molar-refractivity contribution in [2.24, 2.45) is 12.0 Å². The summed E-state index contributed by atoms with van der Waals surface area (Å²) < 4.78 is 9.25. The van der Waals surface area contributed by atoms with Gasteiger partial charge in [0.15, 0.2) is 5.82 Å². The number of nitrogens with one attached hydrogen (secondary N) is 3. The number of nitro groups is 1. The molecule has 0 saturated heterocycles. The molecule has 1 atom stereocenters. The molecule has 8 rings (SSSR count). The molecule has 18 nitrogen and oxygen atoms in total. The number of amides is 3. The number of pyridine rings is 1. The first kappa shape index (κ1) is 45.2. The quantitative estimate of drug-likeness (QED) is 0.0370. The Hall–Kier alpha value is -6.39. The van der Waals surface area contributed by atoms with Crippen molar-refractivity contribution in [3.63, 3.8) is 0 Å². The Bertz CT molecular complexity index is 2930. The fraction of sp³-hybridized carbons (Fsp3) is 0.279. The van der Waals surface area contributed by atoms with Gasteiger partial charge in [0.2, 0.25) is 12.2 Å². The van der Waals surface area contributed by atoms with Crippen LogP contribution in [0.1, 0.15) is 71.3 Å². The van der Waals surface area contributed by atoms with Crippen LogP contribution in [0.3, 0.4) is 0 Å². The van der Waals surface area contributed by atoms with Crippen LogP contribution in [0.2, 0.25) is 5.02 Å². The summed E-state index contributed by atoms with van der Waals surface area (Å²) in [5, 5.41) is 33.7. The standard InChI is InChI=1S/C43H41ClN12O6S3/c1-24-25(2)65-43-36(24)38(26-4-6-30(44)7-5-26)52-31(39-53-51-23-55(39)43)19-34(57)45-10-13-62-14-11-48-41(58)28-16-27-17-29(42(59)47-9-8-35-46-12-15-63-35)20-49-37(27)33(18-28)64-21-32-40(56(60)61)50-22-54(32)3/h4-7,12,15-18,20,22-23,31H,8-11,13-14,19,21H2,1-3H3,(H,45,57)(H,47,59)(H,48,58)/t31-/m0/s1. The number of halogens is 1. The molecule has 0 bridgehead atoms.